The summed E-state index contributed by atoms with van der Waals surface area (Å²) in [5.74, 6) is 0.297. The van der Waals surface area contributed by atoms with E-state index in [-0.39, 0.29) is 11.3 Å². The van der Waals surface area contributed by atoms with Crippen molar-refractivity contribution < 1.29 is 17.9 Å². The largest absolute Gasteiger partial charge is 0.496 e. The average Bonchev–Trinajstić information content (AvgIpc) is 2.96. The molecule has 8 heteroatoms. The molecule has 3 rings (SSSR count). The van der Waals surface area contributed by atoms with Gasteiger partial charge < -0.3 is 10.1 Å². The van der Waals surface area contributed by atoms with Crippen molar-refractivity contribution >= 4 is 16.1 Å². The summed E-state index contributed by atoms with van der Waals surface area (Å²) in [5.41, 5.74) is 1.17. The first-order valence-corrected chi connectivity index (χ1v) is 11.1. The van der Waals surface area contributed by atoms with Gasteiger partial charge in [0.25, 0.3) is 16.1 Å². The first-order valence-electron chi connectivity index (χ1n) is 9.60. The molecule has 1 amide bonds. The van der Waals surface area contributed by atoms with Crippen molar-refractivity contribution in [2.45, 2.75) is 24.7 Å². The highest BCUT2D eigenvalue weighted by Crippen LogP contribution is 2.35. The smallest absolute Gasteiger partial charge is 0.276 e. The van der Waals surface area contributed by atoms with Gasteiger partial charge in [0.15, 0.2) is 0 Å². The molecule has 1 fully saturated rings. The van der Waals surface area contributed by atoms with Crippen molar-refractivity contribution in [1.29, 1.82) is 0 Å². The highest BCUT2D eigenvalue weighted by atomic mass is 32.2. The first kappa shape index (κ1) is 21.3. The van der Waals surface area contributed by atoms with Gasteiger partial charge in [0.1, 0.15) is 5.75 Å². The maximum Gasteiger partial charge on any atom is 0.276 e. The number of para-hydroxylation sites is 1. The van der Waals surface area contributed by atoms with E-state index in [1.54, 1.807) is 18.2 Å². The molecule has 1 aliphatic rings. The molecule has 3 N–H and O–H groups in total. The van der Waals surface area contributed by atoms with Gasteiger partial charge in [-0.3, -0.25) is 4.79 Å². The number of hydrogen-bond acceptors (Lipinski definition) is 4. The number of nitrogens with zero attached hydrogens (tertiary/aromatic N) is 1. The summed E-state index contributed by atoms with van der Waals surface area (Å²) in [6.07, 6.45) is 1.98. The topological polar surface area (TPSA) is 102 Å². The highest BCUT2D eigenvalue weighted by molar-refractivity contribution is 7.86. The van der Waals surface area contributed by atoms with E-state index in [9.17, 15) is 13.2 Å². The third kappa shape index (κ3) is 4.95. The van der Waals surface area contributed by atoms with E-state index in [4.69, 9.17) is 9.88 Å². The van der Waals surface area contributed by atoms with Crippen LogP contribution in [0, 0.1) is 0 Å². The van der Waals surface area contributed by atoms with E-state index < -0.39 is 10.2 Å². The zero-order chi connectivity index (χ0) is 20.9. The Hall–Kier alpha value is -2.42. The summed E-state index contributed by atoms with van der Waals surface area (Å²) in [7, 11) is -2.20. The number of ether oxygens (including phenoxy) is 1. The van der Waals surface area contributed by atoms with Gasteiger partial charge in [0.05, 0.1) is 12.7 Å². The fourth-order valence-corrected chi connectivity index (χ4v) is 4.69. The Morgan fingerprint density at radius 3 is 2.48 bits per heavy atom. The van der Waals surface area contributed by atoms with Gasteiger partial charge in [-0.15, -0.1) is 0 Å². The summed E-state index contributed by atoms with van der Waals surface area (Å²) in [6, 6.07) is 17.0. The molecule has 0 spiro atoms. The minimum absolute atomic E-state index is 0.217. The van der Waals surface area contributed by atoms with Crippen LogP contribution in [0.2, 0.25) is 0 Å². The van der Waals surface area contributed by atoms with Gasteiger partial charge >= 0.3 is 0 Å². The number of nitrogens with two attached hydrogens (primary N) is 1. The summed E-state index contributed by atoms with van der Waals surface area (Å²) >= 11 is 0. The second-order valence-corrected chi connectivity index (χ2v) is 8.87. The zero-order valence-corrected chi connectivity index (χ0v) is 17.3. The Kier molecular flexibility index (Phi) is 6.56. The third-order valence-corrected chi connectivity index (χ3v) is 6.67. The summed E-state index contributed by atoms with van der Waals surface area (Å²) in [4.78, 5) is 12.8. The van der Waals surface area contributed by atoms with Crippen LogP contribution >= 0.6 is 0 Å². The number of carbonyl (C=O) groups is 1. The second-order valence-electron chi connectivity index (χ2n) is 7.33. The third-order valence-electron chi connectivity index (χ3n) is 5.59. The lowest BCUT2D eigenvalue weighted by molar-refractivity contribution is 0.0937. The molecule has 0 bridgehead atoms. The van der Waals surface area contributed by atoms with Gasteiger partial charge in [0.2, 0.25) is 0 Å². The van der Waals surface area contributed by atoms with E-state index in [2.05, 4.69) is 5.32 Å². The van der Waals surface area contributed by atoms with Crippen LogP contribution in [0.15, 0.2) is 54.6 Å². The van der Waals surface area contributed by atoms with Crippen molar-refractivity contribution in [3.8, 4) is 5.75 Å². The van der Waals surface area contributed by atoms with Gasteiger partial charge in [-0.05, 0) is 37.0 Å². The Morgan fingerprint density at radius 1 is 1.10 bits per heavy atom. The molecule has 7 nitrogen and oxygen atoms in total. The maximum absolute atomic E-state index is 12.8. The number of methoxy groups -OCH3 is 1. The van der Waals surface area contributed by atoms with Gasteiger partial charge in [0, 0.05) is 25.0 Å². The Morgan fingerprint density at radius 2 is 1.79 bits per heavy atom. The minimum Gasteiger partial charge on any atom is -0.496 e. The fraction of sp³-hybridized carbons (Fsp3) is 0.381. The number of rotatable bonds is 6. The molecule has 29 heavy (non-hydrogen) atoms. The second kappa shape index (κ2) is 8.94. The quantitative estimate of drug-likeness (QED) is 0.751. The number of hydrogen-bond donors (Lipinski definition) is 2. The lowest BCUT2D eigenvalue weighted by atomic mass is 9.74. The van der Waals surface area contributed by atoms with Crippen LogP contribution in [-0.4, -0.2) is 45.4 Å². The molecule has 1 atom stereocenters. The standard InChI is InChI=1S/C21H27N3O4S/c1-28-19-11-6-5-10-18(19)20(25)23-16-21(17-8-3-2-4-9-17)12-7-14-24(15-13-21)29(22,26)27/h2-6,8-11H,7,12-16H2,1H3,(H,23,25)(H2,22,26,27). The summed E-state index contributed by atoms with van der Waals surface area (Å²) in [5, 5.41) is 8.40. The molecule has 0 saturated carbocycles. The molecule has 0 radical (unpaired) electrons. The summed E-state index contributed by atoms with van der Waals surface area (Å²) in [6.45, 7) is 1.10. The van der Waals surface area contributed by atoms with Crippen LogP contribution in [0.5, 0.6) is 5.75 Å². The van der Waals surface area contributed by atoms with E-state index in [1.165, 1.54) is 11.4 Å². The van der Waals surface area contributed by atoms with Gasteiger partial charge in [-0.25, -0.2) is 5.14 Å². The predicted molar refractivity (Wildman–Crippen MR) is 112 cm³/mol. The first-order chi connectivity index (χ1) is 13.9. The van der Waals surface area contributed by atoms with E-state index in [0.29, 0.717) is 43.8 Å². The van der Waals surface area contributed by atoms with Gasteiger partial charge in [-0.1, -0.05) is 42.5 Å². The van der Waals surface area contributed by atoms with Crippen molar-refractivity contribution in [3.05, 3.63) is 65.7 Å². The molecule has 1 unspecified atom stereocenters. The Balaban J connectivity index is 1.84. The van der Waals surface area contributed by atoms with Crippen LogP contribution in [0.1, 0.15) is 35.2 Å². The van der Waals surface area contributed by atoms with E-state index in [1.807, 2.05) is 36.4 Å². The number of amides is 1. The van der Waals surface area contributed by atoms with Crippen LogP contribution < -0.4 is 15.2 Å². The van der Waals surface area contributed by atoms with E-state index in [0.717, 1.165) is 12.0 Å². The molecule has 1 aliphatic heterocycles. The van der Waals surface area contributed by atoms with E-state index >= 15 is 0 Å². The lowest BCUT2D eigenvalue weighted by Gasteiger charge is -2.34. The van der Waals surface area contributed by atoms with Crippen LogP contribution in [0.4, 0.5) is 0 Å². The van der Waals surface area contributed by atoms with Crippen molar-refractivity contribution in [2.24, 2.45) is 5.14 Å². The van der Waals surface area contributed by atoms with Crippen LogP contribution in [-0.2, 0) is 15.6 Å². The Labute approximate surface area is 172 Å². The molecule has 2 aromatic rings. The molecule has 156 valence electrons. The number of carbonyl (C=O) groups excluding carboxylic acids is 1. The predicted octanol–water partition coefficient (Wildman–Crippen LogP) is 2.05. The molecular formula is C21H27N3O4S. The van der Waals surface area contributed by atoms with Gasteiger partial charge in [-0.2, -0.15) is 12.7 Å². The fourth-order valence-electron chi connectivity index (χ4n) is 3.96. The maximum atomic E-state index is 12.8. The highest BCUT2D eigenvalue weighted by Gasteiger charge is 2.36. The molecular weight excluding hydrogens is 390 g/mol. The normalized spacial score (nSPS) is 20.6. The molecule has 1 heterocycles. The van der Waals surface area contributed by atoms with Crippen molar-refractivity contribution in [3.63, 3.8) is 0 Å². The molecule has 0 aliphatic carbocycles. The number of benzene rings is 2. The Bertz CT molecular complexity index is 949. The minimum atomic E-state index is -3.74. The number of nitrogens with one attached hydrogen (secondary N) is 1. The van der Waals surface area contributed by atoms with Crippen molar-refractivity contribution in [2.75, 3.05) is 26.7 Å². The SMILES string of the molecule is COc1ccccc1C(=O)NCC1(c2ccccc2)CCCN(S(N)(=O)=O)CC1. The molecule has 1 saturated heterocycles. The van der Waals surface area contributed by atoms with Crippen LogP contribution in [0.25, 0.3) is 0 Å². The van der Waals surface area contributed by atoms with Crippen molar-refractivity contribution in [1.82, 2.24) is 9.62 Å². The monoisotopic (exact) mass is 417 g/mol. The lowest BCUT2D eigenvalue weighted by Crippen LogP contribution is -2.42. The zero-order valence-electron chi connectivity index (χ0n) is 16.5. The van der Waals surface area contributed by atoms with Crippen LogP contribution in [0.3, 0.4) is 0 Å². The molecule has 2 aromatic carbocycles. The average molecular weight is 418 g/mol. The molecule has 0 aromatic heterocycles. The summed E-state index contributed by atoms with van der Waals surface area (Å²) < 4.78 is 30.3.